The second-order valence-electron chi connectivity index (χ2n) is 10.5. The molecule has 1 aromatic heterocycles. The number of hydrogen-bond acceptors (Lipinski definition) is 3. The van der Waals surface area contributed by atoms with Gasteiger partial charge in [0.2, 0.25) is 5.89 Å². The van der Waals surface area contributed by atoms with Gasteiger partial charge in [-0.15, -0.1) is 0 Å². The number of fused-ring (bicyclic) bond motifs is 2. The molecule has 0 aliphatic heterocycles. The Bertz CT molecular complexity index is 1800. The molecule has 0 bridgehead atoms. The highest BCUT2D eigenvalue weighted by atomic mass is 19.1. The Balaban J connectivity index is 1.48. The Kier molecular flexibility index (Phi) is 5.88. The summed E-state index contributed by atoms with van der Waals surface area (Å²) in [5, 5.41) is 2.32. The van der Waals surface area contributed by atoms with Gasteiger partial charge in [-0.3, -0.25) is 4.99 Å². The first-order valence-corrected chi connectivity index (χ1v) is 12.7. The molecule has 1 heterocycles. The third-order valence-electron chi connectivity index (χ3n) is 6.82. The van der Waals surface area contributed by atoms with E-state index in [0.29, 0.717) is 11.5 Å². The van der Waals surface area contributed by atoms with Crippen LogP contribution in [0.3, 0.4) is 0 Å². The highest BCUT2D eigenvalue weighted by Gasteiger charge is 2.21. The van der Waals surface area contributed by atoms with Crippen molar-refractivity contribution < 1.29 is 8.81 Å². The fourth-order valence-corrected chi connectivity index (χ4v) is 4.70. The molecule has 0 fully saturated rings. The predicted octanol–water partition coefficient (Wildman–Crippen LogP) is 9.50. The van der Waals surface area contributed by atoms with E-state index in [1.807, 2.05) is 48.7 Å². The molecule has 38 heavy (non-hydrogen) atoms. The van der Waals surface area contributed by atoms with Gasteiger partial charge in [0, 0.05) is 17.3 Å². The van der Waals surface area contributed by atoms with Gasteiger partial charge in [0.05, 0.1) is 11.3 Å². The summed E-state index contributed by atoms with van der Waals surface area (Å²) < 4.78 is 20.1. The molecule has 0 saturated carbocycles. The Labute approximate surface area is 221 Å². The van der Waals surface area contributed by atoms with Crippen molar-refractivity contribution in [1.82, 2.24) is 4.98 Å². The van der Waals surface area contributed by atoms with E-state index in [9.17, 15) is 4.39 Å². The summed E-state index contributed by atoms with van der Waals surface area (Å²) in [6.07, 6.45) is 1.89. The van der Waals surface area contributed by atoms with E-state index in [2.05, 4.69) is 57.2 Å². The quantitative estimate of drug-likeness (QED) is 0.227. The maximum absolute atomic E-state index is 13.7. The van der Waals surface area contributed by atoms with E-state index in [-0.39, 0.29) is 11.2 Å². The highest BCUT2D eigenvalue weighted by molar-refractivity contribution is 6.01. The molecule has 0 radical (unpaired) electrons. The summed E-state index contributed by atoms with van der Waals surface area (Å²) in [5.74, 6) is 0.232. The van der Waals surface area contributed by atoms with Crippen LogP contribution < -0.4 is 0 Å². The molecular weight excluding hydrogens is 471 g/mol. The van der Waals surface area contributed by atoms with Crippen LogP contribution in [-0.4, -0.2) is 11.2 Å². The molecule has 0 unspecified atom stereocenters. The summed E-state index contributed by atoms with van der Waals surface area (Å²) in [4.78, 5) is 9.79. The minimum absolute atomic E-state index is 0.101. The number of nitrogens with zero attached hydrogens (tertiary/aromatic N) is 2. The second kappa shape index (κ2) is 9.38. The summed E-state index contributed by atoms with van der Waals surface area (Å²) in [5.41, 5.74) is 6.89. The van der Waals surface area contributed by atoms with Crippen LogP contribution in [0.15, 0.2) is 113 Å². The molecule has 0 aliphatic rings. The van der Waals surface area contributed by atoms with Gasteiger partial charge in [0.1, 0.15) is 11.3 Å². The molecule has 186 valence electrons. The van der Waals surface area contributed by atoms with E-state index in [1.54, 1.807) is 12.1 Å². The minimum Gasteiger partial charge on any atom is -0.436 e. The second-order valence-corrected chi connectivity index (χ2v) is 10.5. The fourth-order valence-electron chi connectivity index (χ4n) is 4.70. The number of aromatic nitrogens is 1. The smallest absolute Gasteiger partial charge is 0.229 e. The number of benzene rings is 5. The summed E-state index contributed by atoms with van der Waals surface area (Å²) >= 11 is 0. The summed E-state index contributed by atoms with van der Waals surface area (Å²) in [6.45, 7) is 6.49. The summed E-state index contributed by atoms with van der Waals surface area (Å²) in [7, 11) is 0. The average molecular weight is 499 g/mol. The van der Waals surface area contributed by atoms with E-state index in [4.69, 9.17) is 14.4 Å². The van der Waals surface area contributed by atoms with Crippen LogP contribution >= 0.6 is 0 Å². The van der Waals surface area contributed by atoms with Crippen molar-refractivity contribution in [3.05, 3.63) is 120 Å². The Hall–Kier alpha value is -4.57. The van der Waals surface area contributed by atoms with Crippen LogP contribution in [0.5, 0.6) is 0 Å². The zero-order chi connectivity index (χ0) is 26.3. The van der Waals surface area contributed by atoms with E-state index in [1.165, 1.54) is 17.5 Å². The Morgan fingerprint density at radius 1 is 0.789 bits per heavy atom. The maximum Gasteiger partial charge on any atom is 0.229 e. The first-order chi connectivity index (χ1) is 18.4. The lowest BCUT2D eigenvalue weighted by molar-refractivity contribution is 0.584. The van der Waals surface area contributed by atoms with Crippen LogP contribution in [-0.2, 0) is 5.41 Å². The highest BCUT2D eigenvalue weighted by Crippen LogP contribution is 2.38. The van der Waals surface area contributed by atoms with Crippen LogP contribution in [0.1, 0.15) is 31.9 Å². The van der Waals surface area contributed by atoms with Crippen LogP contribution in [0.2, 0.25) is 0 Å². The molecule has 0 aliphatic carbocycles. The van der Waals surface area contributed by atoms with Crippen molar-refractivity contribution in [2.45, 2.75) is 26.2 Å². The zero-order valence-electron chi connectivity index (χ0n) is 21.6. The van der Waals surface area contributed by atoms with Crippen molar-refractivity contribution in [1.29, 1.82) is 0 Å². The monoisotopic (exact) mass is 498 g/mol. The molecule has 0 N–H and O–H groups in total. The molecular formula is C34H27FN2O. The lowest BCUT2D eigenvalue weighted by Crippen LogP contribution is -2.11. The van der Waals surface area contributed by atoms with Gasteiger partial charge in [0.15, 0.2) is 5.58 Å². The maximum atomic E-state index is 13.7. The van der Waals surface area contributed by atoms with Gasteiger partial charge in [0.25, 0.3) is 0 Å². The largest absolute Gasteiger partial charge is 0.436 e. The average Bonchev–Trinajstić information content (AvgIpc) is 3.36. The third-order valence-corrected chi connectivity index (χ3v) is 6.82. The molecule has 0 spiro atoms. The van der Waals surface area contributed by atoms with Crippen molar-refractivity contribution in [3.63, 3.8) is 0 Å². The van der Waals surface area contributed by atoms with Gasteiger partial charge in [-0.05, 0) is 63.7 Å². The van der Waals surface area contributed by atoms with Gasteiger partial charge in [-0.2, -0.15) is 0 Å². The van der Waals surface area contributed by atoms with Gasteiger partial charge in [-0.25, -0.2) is 9.37 Å². The molecule has 6 aromatic rings. The topological polar surface area (TPSA) is 38.4 Å². The molecule has 3 nitrogen and oxygen atoms in total. The molecule has 0 amide bonds. The molecule has 5 aromatic carbocycles. The standard InChI is InChI=1S/C34H27FN2O/c1-34(2,3)25-19-29(23-15-17-26(35)18-16-23)32-31(20-25)38-33(37-32)28-13-6-7-14-30(28)36-21-24-11-8-10-22-9-4-5-12-27(22)24/h4-21H,1-3H3. The molecule has 6 rings (SSSR count). The van der Waals surface area contributed by atoms with Crippen molar-refractivity contribution in [2.75, 3.05) is 0 Å². The van der Waals surface area contributed by atoms with Gasteiger partial charge < -0.3 is 4.42 Å². The van der Waals surface area contributed by atoms with E-state index in [0.717, 1.165) is 44.4 Å². The van der Waals surface area contributed by atoms with Gasteiger partial charge >= 0.3 is 0 Å². The first kappa shape index (κ1) is 23.8. The van der Waals surface area contributed by atoms with E-state index >= 15 is 0 Å². The lowest BCUT2D eigenvalue weighted by atomic mass is 9.85. The number of halogens is 1. The Morgan fingerprint density at radius 2 is 1.53 bits per heavy atom. The third kappa shape index (κ3) is 4.50. The Morgan fingerprint density at radius 3 is 2.34 bits per heavy atom. The lowest BCUT2D eigenvalue weighted by Gasteiger charge is -2.20. The number of oxazole rings is 1. The predicted molar refractivity (Wildman–Crippen MR) is 155 cm³/mol. The number of para-hydroxylation sites is 1. The van der Waals surface area contributed by atoms with Crippen molar-refractivity contribution >= 4 is 33.8 Å². The van der Waals surface area contributed by atoms with Crippen molar-refractivity contribution in [3.8, 4) is 22.6 Å². The normalized spacial score (nSPS) is 12.1. The zero-order valence-corrected chi connectivity index (χ0v) is 21.6. The summed E-state index contributed by atoms with van der Waals surface area (Å²) in [6, 6.07) is 33.1. The number of hydrogen-bond donors (Lipinski definition) is 0. The first-order valence-electron chi connectivity index (χ1n) is 12.7. The molecule has 4 heteroatoms. The van der Waals surface area contributed by atoms with Crippen molar-refractivity contribution in [2.24, 2.45) is 4.99 Å². The van der Waals surface area contributed by atoms with Gasteiger partial charge in [-0.1, -0.05) is 87.5 Å². The number of aliphatic imine (C=N–C) groups is 1. The van der Waals surface area contributed by atoms with Crippen LogP contribution in [0.4, 0.5) is 10.1 Å². The van der Waals surface area contributed by atoms with Crippen LogP contribution in [0, 0.1) is 5.82 Å². The SMILES string of the molecule is CC(C)(C)c1cc(-c2ccc(F)cc2)c2nc(-c3ccccc3N=Cc3cccc4ccccc34)oc2c1. The molecule has 0 saturated heterocycles. The number of rotatable bonds is 4. The minimum atomic E-state index is -0.268. The molecule has 0 atom stereocenters. The van der Waals surface area contributed by atoms with Crippen LogP contribution in [0.25, 0.3) is 44.5 Å². The fraction of sp³-hybridized carbons (Fsp3) is 0.118. The van der Waals surface area contributed by atoms with E-state index < -0.39 is 0 Å².